The van der Waals surface area contributed by atoms with E-state index in [0.717, 1.165) is 19.3 Å². The lowest BCUT2D eigenvalue weighted by atomic mass is 9.88. The van der Waals surface area contributed by atoms with E-state index < -0.39 is 0 Å². The summed E-state index contributed by atoms with van der Waals surface area (Å²) in [6.07, 6.45) is 14.0. The van der Waals surface area contributed by atoms with Crippen molar-refractivity contribution >= 4 is 53.9 Å². The van der Waals surface area contributed by atoms with Crippen molar-refractivity contribution in [3.05, 3.63) is 130 Å². The van der Waals surface area contributed by atoms with Crippen molar-refractivity contribution in [2.45, 2.75) is 39.5 Å². The van der Waals surface area contributed by atoms with E-state index in [4.69, 9.17) is 0 Å². The minimum atomic E-state index is 1.01. The van der Waals surface area contributed by atoms with Crippen LogP contribution in [0.5, 0.6) is 0 Å². The molecule has 0 N–H and O–H groups in total. The monoisotopic (exact) mass is 542 g/mol. The molecule has 0 unspecified atom stereocenters. The van der Waals surface area contributed by atoms with Crippen LogP contribution in [0.15, 0.2) is 96.6 Å². The second-order valence-electron chi connectivity index (χ2n) is 12.1. The highest BCUT2D eigenvalue weighted by Gasteiger charge is 2.27. The molecule has 0 spiro atoms. The quantitative estimate of drug-likeness (QED) is 0.204. The van der Waals surface area contributed by atoms with Gasteiger partial charge < -0.3 is 0 Å². The second kappa shape index (κ2) is 8.65. The van der Waals surface area contributed by atoms with Gasteiger partial charge in [-0.25, -0.2) is 0 Å². The molecular weight excluding hydrogens is 513 g/mol. The maximum atomic E-state index is 2.48. The molecule has 41 heavy (non-hydrogen) atoms. The first-order valence-corrected chi connectivity index (χ1v) is 15.7. The topological polar surface area (TPSA) is 0 Å². The van der Waals surface area contributed by atoms with Crippen molar-refractivity contribution in [1.29, 1.82) is 0 Å². The first-order chi connectivity index (χ1) is 20.1. The van der Waals surface area contributed by atoms with E-state index in [1.807, 2.05) is 11.3 Å². The van der Waals surface area contributed by atoms with Crippen LogP contribution in [0.3, 0.4) is 0 Å². The van der Waals surface area contributed by atoms with Crippen molar-refractivity contribution in [2.24, 2.45) is 0 Å². The van der Waals surface area contributed by atoms with E-state index in [1.165, 1.54) is 104 Å². The number of rotatable bonds is 2. The molecule has 9 rings (SSSR count). The van der Waals surface area contributed by atoms with Crippen molar-refractivity contribution < 1.29 is 0 Å². The summed E-state index contributed by atoms with van der Waals surface area (Å²) in [4.78, 5) is 0. The van der Waals surface area contributed by atoms with Gasteiger partial charge in [0.15, 0.2) is 0 Å². The Morgan fingerprint density at radius 1 is 0.707 bits per heavy atom. The van der Waals surface area contributed by atoms with Crippen LogP contribution >= 0.6 is 11.3 Å². The van der Waals surface area contributed by atoms with Gasteiger partial charge in [-0.2, -0.15) is 0 Å². The third kappa shape index (κ3) is 3.39. The molecule has 3 aliphatic carbocycles. The number of thiophene rings is 1. The van der Waals surface area contributed by atoms with Crippen LogP contribution in [0.25, 0.3) is 64.8 Å². The Balaban J connectivity index is 1.38. The molecule has 0 fully saturated rings. The Kier molecular flexibility index (Phi) is 4.96. The lowest BCUT2D eigenvalue weighted by Gasteiger charge is -2.15. The van der Waals surface area contributed by atoms with Crippen molar-refractivity contribution in [3.8, 4) is 22.3 Å². The number of aryl methyl sites for hydroxylation is 2. The minimum absolute atomic E-state index is 1.01. The fourth-order valence-corrected chi connectivity index (χ4v) is 8.95. The normalized spacial score (nSPS) is 15.4. The Morgan fingerprint density at radius 3 is 2.51 bits per heavy atom. The summed E-state index contributed by atoms with van der Waals surface area (Å²) in [6, 6.07) is 28.1. The van der Waals surface area contributed by atoms with Crippen molar-refractivity contribution in [1.82, 2.24) is 0 Å². The largest absolute Gasteiger partial charge is 0.134 e. The first kappa shape index (κ1) is 23.5. The van der Waals surface area contributed by atoms with Gasteiger partial charge in [-0.15, -0.1) is 11.3 Å². The molecular formula is C40H30S. The summed E-state index contributed by atoms with van der Waals surface area (Å²) >= 11 is 1.99. The van der Waals surface area contributed by atoms with Crippen LogP contribution in [-0.4, -0.2) is 0 Å². The molecule has 6 aromatic rings. The number of fused-ring (bicyclic) bond motifs is 8. The van der Waals surface area contributed by atoms with Crippen LogP contribution in [0.4, 0.5) is 0 Å². The molecule has 0 amide bonds. The zero-order valence-electron chi connectivity index (χ0n) is 23.5. The fraction of sp³-hybridized carbons (Fsp3) is 0.150. The summed E-state index contributed by atoms with van der Waals surface area (Å²) in [6.45, 7) is 4.46. The average Bonchev–Trinajstić information content (AvgIpc) is 3.70. The highest BCUT2D eigenvalue weighted by Crippen LogP contribution is 2.51. The molecule has 5 aromatic carbocycles. The van der Waals surface area contributed by atoms with Gasteiger partial charge in [0.1, 0.15) is 0 Å². The number of allylic oxidation sites excluding steroid dienone is 5. The van der Waals surface area contributed by atoms with Crippen LogP contribution in [-0.2, 0) is 12.8 Å². The van der Waals surface area contributed by atoms with Crippen LogP contribution < -0.4 is 0 Å². The molecule has 3 aliphatic rings. The molecule has 1 aromatic heterocycles. The van der Waals surface area contributed by atoms with Gasteiger partial charge in [-0.3, -0.25) is 0 Å². The predicted molar refractivity (Wildman–Crippen MR) is 179 cm³/mol. The van der Waals surface area contributed by atoms with E-state index in [1.54, 1.807) is 0 Å². The molecule has 0 saturated carbocycles. The maximum absolute atomic E-state index is 2.48. The third-order valence-electron chi connectivity index (χ3n) is 9.43. The van der Waals surface area contributed by atoms with E-state index in [-0.39, 0.29) is 0 Å². The average molecular weight is 543 g/mol. The molecule has 1 heterocycles. The summed E-state index contributed by atoms with van der Waals surface area (Å²) < 4.78 is 2.82. The molecule has 196 valence electrons. The molecule has 0 bridgehead atoms. The zero-order chi connectivity index (χ0) is 27.2. The van der Waals surface area contributed by atoms with Gasteiger partial charge in [0.25, 0.3) is 0 Å². The highest BCUT2D eigenvalue weighted by molar-refractivity contribution is 7.26. The van der Waals surface area contributed by atoms with Gasteiger partial charge in [0.05, 0.1) is 0 Å². The lowest BCUT2D eigenvalue weighted by Crippen LogP contribution is -1.91. The molecule has 1 heteroatoms. The van der Waals surface area contributed by atoms with Crippen molar-refractivity contribution in [3.63, 3.8) is 0 Å². The number of hydrogen-bond acceptors (Lipinski definition) is 1. The van der Waals surface area contributed by atoms with Crippen LogP contribution in [0.2, 0.25) is 0 Å². The molecule has 0 nitrogen and oxygen atoms in total. The SMILES string of the molecule is Cc1ccc2c(-c3c4c(cc5sc6c(-c7cccc8c7CC7=CCCC=C78)cc(C)cc6c35)CC=C4)cccc2c1. The van der Waals surface area contributed by atoms with Crippen LogP contribution in [0.1, 0.15) is 46.2 Å². The van der Waals surface area contributed by atoms with Gasteiger partial charge in [-0.05, 0) is 124 Å². The molecule has 0 atom stereocenters. The molecule has 0 radical (unpaired) electrons. The lowest BCUT2D eigenvalue weighted by molar-refractivity contribution is 1.02. The van der Waals surface area contributed by atoms with Gasteiger partial charge >= 0.3 is 0 Å². The number of benzene rings is 5. The Bertz CT molecular complexity index is 2210. The maximum Gasteiger partial charge on any atom is 0.0434 e. The van der Waals surface area contributed by atoms with Gasteiger partial charge in [-0.1, -0.05) is 84.5 Å². The summed E-state index contributed by atoms with van der Waals surface area (Å²) in [5, 5.41) is 5.47. The summed E-state index contributed by atoms with van der Waals surface area (Å²) in [7, 11) is 0. The fourth-order valence-electron chi connectivity index (χ4n) is 7.67. The Morgan fingerprint density at radius 2 is 1.56 bits per heavy atom. The molecule has 0 saturated heterocycles. The van der Waals surface area contributed by atoms with E-state index in [0.29, 0.717) is 0 Å². The van der Waals surface area contributed by atoms with Crippen molar-refractivity contribution in [2.75, 3.05) is 0 Å². The van der Waals surface area contributed by atoms with Gasteiger partial charge in [0.2, 0.25) is 0 Å². The van der Waals surface area contributed by atoms with Gasteiger partial charge in [0, 0.05) is 25.7 Å². The summed E-state index contributed by atoms with van der Waals surface area (Å²) in [5.41, 5.74) is 17.0. The Hall–Kier alpha value is -4.20. The van der Waals surface area contributed by atoms with E-state index >= 15 is 0 Å². The zero-order valence-corrected chi connectivity index (χ0v) is 24.3. The Labute approximate surface area is 245 Å². The first-order valence-electron chi connectivity index (χ1n) is 14.9. The molecule has 0 aliphatic heterocycles. The van der Waals surface area contributed by atoms with E-state index in [9.17, 15) is 0 Å². The summed E-state index contributed by atoms with van der Waals surface area (Å²) in [5.74, 6) is 0. The van der Waals surface area contributed by atoms with Crippen LogP contribution in [0, 0.1) is 13.8 Å². The highest BCUT2D eigenvalue weighted by atomic mass is 32.1. The predicted octanol–water partition coefficient (Wildman–Crippen LogP) is 11.4. The van der Waals surface area contributed by atoms with E-state index in [2.05, 4.69) is 111 Å². The standard InChI is InChI=1S/C40H30S/c1-23-16-17-29-25(18-23)9-6-15-33(29)38-30-12-5-10-27(30)22-37-39(38)36-20-24(2)19-35(40(36)41-37)32-14-7-13-31-28-11-4-3-8-26(28)21-34(31)32/h5-9,11-20,22H,3-4,10,21H2,1-2H3. The smallest absolute Gasteiger partial charge is 0.0434 e. The third-order valence-corrected chi connectivity index (χ3v) is 10.6. The minimum Gasteiger partial charge on any atom is -0.134 e. The number of hydrogen-bond donors (Lipinski definition) is 0. The second-order valence-corrected chi connectivity index (χ2v) is 13.1.